The highest BCUT2D eigenvalue weighted by Gasteiger charge is 2.34. The van der Waals surface area contributed by atoms with E-state index in [1.54, 1.807) is 0 Å². The lowest BCUT2D eigenvalue weighted by molar-refractivity contribution is 0.307. The summed E-state index contributed by atoms with van der Waals surface area (Å²) in [5.74, 6) is 0. The largest absolute Gasteiger partial charge is 0.364 e. The van der Waals surface area contributed by atoms with E-state index < -0.39 is 0 Å². The standard InChI is InChI=1S/C23H27N/c1-13-7-8-20-17(5)23-21-12-15(3)14(2)11-19(21)9-10-24(23)18(6)22(20)16(13)4/h7-8,11-12,18H,9-10H2,1-6H3. The SMILES string of the molecule is CC1=C2c3cc(C)c(C)cc3CCN2C(C)c2c1ccc(C)c2C. The molecule has 0 saturated heterocycles. The molecule has 1 heteroatoms. The third-order valence-corrected chi connectivity index (χ3v) is 6.31. The minimum absolute atomic E-state index is 0.452. The van der Waals surface area contributed by atoms with Gasteiger partial charge in [0.2, 0.25) is 0 Å². The van der Waals surface area contributed by atoms with Gasteiger partial charge in [0.1, 0.15) is 0 Å². The highest BCUT2D eigenvalue weighted by molar-refractivity contribution is 5.94. The predicted molar refractivity (Wildman–Crippen MR) is 103 cm³/mol. The quantitative estimate of drug-likeness (QED) is 0.599. The van der Waals surface area contributed by atoms with Gasteiger partial charge in [-0.05, 0) is 98.5 Å². The van der Waals surface area contributed by atoms with Crippen LogP contribution in [0.3, 0.4) is 0 Å². The second kappa shape index (κ2) is 5.24. The molecule has 1 atom stereocenters. The Kier molecular flexibility index (Phi) is 3.38. The average molecular weight is 317 g/mol. The molecule has 0 spiro atoms. The Bertz CT molecular complexity index is 885. The first-order valence-corrected chi connectivity index (χ1v) is 9.08. The van der Waals surface area contributed by atoms with E-state index in [0.717, 1.165) is 13.0 Å². The van der Waals surface area contributed by atoms with Gasteiger partial charge in [0, 0.05) is 17.8 Å². The number of allylic oxidation sites excluding steroid dienone is 1. The van der Waals surface area contributed by atoms with Gasteiger partial charge in [-0.1, -0.05) is 18.2 Å². The number of nitrogens with zero attached hydrogens (tertiary/aromatic N) is 1. The summed E-state index contributed by atoms with van der Waals surface area (Å²) in [5.41, 5.74) is 14.5. The van der Waals surface area contributed by atoms with Crippen LogP contribution in [0.2, 0.25) is 0 Å². The van der Waals surface area contributed by atoms with Crippen molar-refractivity contribution >= 4 is 11.3 Å². The molecule has 2 heterocycles. The second-order valence-corrected chi connectivity index (χ2v) is 7.66. The lowest BCUT2D eigenvalue weighted by Gasteiger charge is -2.44. The molecule has 2 aromatic rings. The molecule has 0 aliphatic carbocycles. The normalized spacial score (nSPS) is 19.1. The van der Waals surface area contributed by atoms with E-state index in [4.69, 9.17) is 0 Å². The summed E-state index contributed by atoms with van der Waals surface area (Å²) in [5, 5.41) is 0. The summed E-state index contributed by atoms with van der Waals surface area (Å²) < 4.78 is 0. The zero-order valence-electron chi connectivity index (χ0n) is 15.7. The minimum Gasteiger partial charge on any atom is -0.364 e. The molecule has 2 aliphatic heterocycles. The second-order valence-electron chi connectivity index (χ2n) is 7.66. The van der Waals surface area contributed by atoms with Crippen LogP contribution in [-0.4, -0.2) is 11.4 Å². The van der Waals surface area contributed by atoms with Crippen LogP contribution in [-0.2, 0) is 6.42 Å². The fraction of sp³-hybridized carbons (Fsp3) is 0.391. The molecule has 1 unspecified atom stereocenters. The summed E-state index contributed by atoms with van der Waals surface area (Å²) in [6, 6.07) is 9.89. The van der Waals surface area contributed by atoms with Gasteiger partial charge in [0.05, 0.1) is 6.04 Å². The molecule has 0 radical (unpaired) electrons. The van der Waals surface area contributed by atoms with Crippen LogP contribution in [0, 0.1) is 27.7 Å². The number of fused-ring (bicyclic) bond motifs is 4. The molecule has 0 saturated carbocycles. The molecule has 0 bridgehead atoms. The fourth-order valence-corrected chi connectivity index (χ4v) is 4.60. The first-order chi connectivity index (χ1) is 11.4. The monoisotopic (exact) mass is 317 g/mol. The van der Waals surface area contributed by atoms with Gasteiger partial charge in [-0.3, -0.25) is 0 Å². The molecular weight excluding hydrogens is 290 g/mol. The molecular formula is C23H27N. The number of aryl methyl sites for hydroxylation is 3. The van der Waals surface area contributed by atoms with Crippen molar-refractivity contribution < 1.29 is 0 Å². The van der Waals surface area contributed by atoms with Gasteiger partial charge < -0.3 is 4.90 Å². The molecule has 4 rings (SSSR count). The van der Waals surface area contributed by atoms with Gasteiger partial charge in [-0.25, -0.2) is 0 Å². The van der Waals surface area contributed by atoms with Gasteiger partial charge in [-0.15, -0.1) is 0 Å². The third kappa shape index (κ3) is 2.00. The zero-order valence-corrected chi connectivity index (χ0v) is 15.7. The van der Waals surface area contributed by atoms with Crippen LogP contribution >= 0.6 is 0 Å². The molecule has 2 aliphatic rings. The van der Waals surface area contributed by atoms with E-state index in [-0.39, 0.29) is 0 Å². The van der Waals surface area contributed by atoms with Crippen molar-refractivity contribution in [1.29, 1.82) is 0 Å². The maximum Gasteiger partial charge on any atom is 0.0523 e. The van der Waals surface area contributed by atoms with Crippen LogP contribution in [0.25, 0.3) is 11.3 Å². The Morgan fingerprint density at radius 1 is 0.875 bits per heavy atom. The van der Waals surface area contributed by atoms with Crippen LogP contribution in [0.5, 0.6) is 0 Å². The first-order valence-electron chi connectivity index (χ1n) is 9.08. The Hall–Kier alpha value is -2.02. The molecule has 0 fully saturated rings. The number of rotatable bonds is 0. The maximum atomic E-state index is 2.64. The maximum absolute atomic E-state index is 2.64. The number of hydrogen-bond donors (Lipinski definition) is 0. The molecule has 1 nitrogen and oxygen atoms in total. The van der Waals surface area contributed by atoms with Gasteiger partial charge >= 0.3 is 0 Å². The Balaban J connectivity index is 2.02. The van der Waals surface area contributed by atoms with Gasteiger partial charge in [0.15, 0.2) is 0 Å². The molecule has 0 aromatic heterocycles. The lowest BCUT2D eigenvalue weighted by Crippen LogP contribution is -2.36. The highest BCUT2D eigenvalue weighted by atomic mass is 15.2. The van der Waals surface area contributed by atoms with Crippen LogP contribution in [0.1, 0.15) is 64.4 Å². The van der Waals surface area contributed by atoms with E-state index in [0.29, 0.717) is 6.04 Å². The Morgan fingerprint density at radius 2 is 1.58 bits per heavy atom. The van der Waals surface area contributed by atoms with E-state index in [2.05, 4.69) is 70.7 Å². The number of hydrogen-bond acceptors (Lipinski definition) is 1. The van der Waals surface area contributed by atoms with E-state index >= 15 is 0 Å². The van der Waals surface area contributed by atoms with Crippen LogP contribution in [0.15, 0.2) is 24.3 Å². The van der Waals surface area contributed by atoms with E-state index in [1.165, 1.54) is 55.8 Å². The topological polar surface area (TPSA) is 3.24 Å². The highest BCUT2D eigenvalue weighted by Crippen LogP contribution is 2.47. The molecule has 124 valence electrons. The van der Waals surface area contributed by atoms with Crippen molar-refractivity contribution in [3.05, 3.63) is 68.8 Å². The molecule has 0 amide bonds. The van der Waals surface area contributed by atoms with E-state index in [1.807, 2.05) is 0 Å². The van der Waals surface area contributed by atoms with Crippen LogP contribution in [0.4, 0.5) is 0 Å². The lowest BCUT2D eigenvalue weighted by atomic mass is 9.80. The van der Waals surface area contributed by atoms with Crippen LogP contribution < -0.4 is 0 Å². The minimum atomic E-state index is 0.452. The molecule has 24 heavy (non-hydrogen) atoms. The molecule has 0 N–H and O–H groups in total. The van der Waals surface area contributed by atoms with Crippen molar-refractivity contribution in [3.63, 3.8) is 0 Å². The average Bonchev–Trinajstić information content (AvgIpc) is 2.55. The Morgan fingerprint density at radius 3 is 2.33 bits per heavy atom. The van der Waals surface area contributed by atoms with Crippen molar-refractivity contribution in [2.45, 2.75) is 54.0 Å². The van der Waals surface area contributed by atoms with Crippen molar-refractivity contribution in [1.82, 2.24) is 4.90 Å². The summed E-state index contributed by atoms with van der Waals surface area (Å²) in [6.07, 6.45) is 1.15. The van der Waals surface area contributed by atoms with Gasteiger partial charge in [0.25, 0.3) is 0 Å². The summed E-state index contributed by atoms with van der Waals surface area (Å²) in [7, 11) is 0. The first kappa shape index (κ1) is 15.5. The van der Waals surface area contributed by atoms with Crippen molar-refractivity contribution in [2.75, 3.05) is 6.54 Å². The summed E-state index contributed by atoms with van der Waals surface area (Å²) in [4.78, 5) is 2.64. The Labute approximate surface area is 146 Å². The van der Waals surface area contributed by atoms with Gasteiger partial charge in [-0.2, -0.15) is 0 Å². The van der Waals surface area contributed by atoms with Crippen molar-refractivity contribution in [2.24, 2.45) is 0 Å². The predicted octanol–water partition coefficient (Wildman–Crippen LogP) is 5.74. The smallest absolute Gasteiger partial charge is 0.0523 e. The third-order valence-electron chi connectivity index (χ3n) is 6.31. The van der Waals surface area contributed by atoms with Crippen molar-refractivity contribution in [3.8, 4) is 0 Å². The fourth-order valence-electron chi connectivity index (χ4n) is 4.60. The number of benzene rings is 2. The molecule has 2 aromatic carbocycles. The summed E-state index contributed by atoms with van der Waals surface area (Å²) in [6.45, 7) is 14.8. The summed E-state index contributed by atoms with van der Waals surface area (Å²) >= 11 is 0. The zero-order chi connectivity index (χ0) is 17.2. The van der Waals surface area contributed by atoms with E-state index in [9.17, 15) is 0 Å².